The maximum atomic E-state index is 5.47. The van der Waals surface area contributed by atoms with Crippen molar-refractivity contribution in [3.05, 3.63) is 29.8 Å². The molecule has 1 aromatic rings. The average molecular weight is 227 g/mol. The van der Waals surface area contributed by atoms with Gasteiger partial charge >= 0.3 is 0 Å². The van der Waals surface area contributed by atoms with Gasteiger partial charge in [0.05, 0.1) is 6.61 Å². The molecule has 0 saturated carbocycles. The number of hydrogen-bond donors (Lipinski definition) is 2. The van der Waals surface area contributed by atoms with Gasteiger partial charge in [-0.1, -0.05) is 12.2 Å². The normalized spacial score (nSPS) is 9.79. The Kier molecular flexibility index (Phi) is 4.76. The molecule has 0 radical (unpaired) electrons. The molecule has 0 aromatic heterocycles. The third-order valence-electron chi connectivity index (χ3n) is 1.71. The molecule has 1 aromatic carbocycles. The van der Waals surface area contributed by atoms with Crippen molar-refractivity contribution in [2.45, 2.75) is 6.42 Å². The zero-order valence-electron chi connectivity index (χ0n) is 7.77. The van der Waals surface area contributed by atoms with E-state index in [2.05, 4.69) is 12.6 Å². The zero-order valence-corrected chi connectivity index (χ0v) is 9.48. The molecule has 0 amide bonds. The standard InChI is InChI=1S/C10H13NOS2/c11-10(14)8-2-4-9(5-3-8)12-6-1-7-13/h2-5,13H,1,6-7H2,(H2,11,14). The minimum absolute atomic E-state index is 0.409. The van der Waals surface area contributed by atoms with Crippen LogP contribution in [0.4, 0.5) is 0 Å². The van der Waals surface area contributed by atoms with Crippen molar-refractivity contribution in [2.75, 3.05) is 12.4 Å². The van der Waals surface area contributed by atoms with E-state index in [0.717, 1.165) is 23.5 Å². The van der Waals surface area contributed by atoms with E-state index in [1.165, 1.54) is 0 Å². The summed E-state index contributed by atoms with van der Waals surface area (Å²) >= 11 is 8.94. The van der Waals surface area contributed by atoms with Crippen molar-refractivity contribution >= 4 is 29.8 Å². The predicted molar refractivity (Wildman–Crippen MR) is 66.3 cm³/mol. The molecule has 0 bridgehead atoms. The van der Waals surface area contributed by atoms with Crippen LogP contribution in [0.1, 0.15) is 12.0 Å². The Morgan fingerprint density at radius 2 is 2.00 bits per heavy atom. The summed E-state index contributed by atoms with van der Waals surface area (Å²) < 4.78 is 5.45. The summed E-state index contributed by atoms with van der Waals surface area (Å²) in [6.45, 7) is 0.690. The van der Waals surface area contributed by atoms with E-state index >= 15 is 0 Å². The lowest BCUT2D eigenvalue weighted by Crippen LogP contribution is -2.08. The summed E-state index contributed by atoms with van der Waals surface area (Å²) in [5, 5.41) is 0. The van der Waals surface area contributed by atoms with Gasteiger partial charge in [-0.2, -0.15) is 12.6 Å². The maximum absolute atomic E-state index is 5.47. The molecule has 2 nitrogen and oxygen atoms in total. The van der Waals surface area contributed by atoms with Gasteiger partial charge in [-0.15, -0.1) is 0 Å². The summed E-state index contributed by atoms with van der Waals surface area (Å²) in [6.07, 6.45) is 0.945. The van der Waals surface area contributed by atoms with Crippen molar-refractivity contribution < 1.29 is 4.74 Å². The summed E-state index contributed by atoms with van der Waals surface area (Å²) in [6, 6.07) is 7.46. The van der Waals surface area contributed by atoms with Gasteiger partial charge in [0.2, 0.25) is 0 Å². The van der Waals surface area contributed by atoms with Crippen LogP contribution >= 0.6 is 24.8 Å². The van der Waals surface area contributed by atoms with Crippen LogP contribution in [0.2, 0.25) is 0 Å². The van der Waals surface area contributed by atoms with Gasteiger partial charge in [0.1, 0.15) is 10.7 Å². The number of ether oxygens (including phenoxy) is 1. The smallest absolute Gasteiger partial charge is 0.119 e. The molecular weight excluding hydrogens is 214 g/mol. The van der Waals surface area contributed by atoms with Gasteiger partial charge in [0.15, 0.2) is 0 Å². The fraction of sp³-hybridized carbons (Fsp3) is 0.300. The Morgan fingerprint density at radius 1 is 1.36 bits per heavy atom. The average Bonchev–Trinajstić information content (AvgIpc) is 2.19. The van der Waals surface area contributed by atoms with E-state index in [4.69, 9.17) is 22.7 Å². The number of benzene rings is 1. The molecule has 1 rings (SSSR count). The molecule has 0 aliphatic carbocycles. The first-order valence-electron chi connectivity index (χ1n) is 4.37. The molecule has 0 saturated heterocycles. The van der Waals surface area contributed by atoms with Crippen LogP contribution in [0.5, 0.6) is 5.75 Å². The largest absolute Gasteiger partial charge is 0.494 e. The SMILES string of the molecule is NC(=S)c1ccc(OCCCS)cc1. The van der Waals surface area contributed by atoms with Crippen LogP contribution in [-0.2, 0) is 0 Å². The van der Waals surface area contributed by atoms with Crippen molar-refractivity contribution in [1.29, 1.82) is 0 Å². The van der Waals surface area contributed by atoms with Crippen LogP contribution in [0.3, 0.4) is 0 Å². The fourth-order valence-corrected chi connectivity index (χ4v) is 1.24. The Morgan fingerprint density at radius 3 is 2.50 bits per heavy atom. The summed E-state index contributed by atoms with van der Waals surface area (Å²) in [5.74, 6) is 1.68. The van der Waals surface area contributed by atoms with Crippen LogP contribution in [0, 0.1) is 0 Å². The molecule has 0 spiro atoms. The van der Waals surface area contributed by atoms with Crippen LogP contribution in [0.25, 0.3) is 0 Å². The van der Waals surface area contributed by atoms with E-state index in [9.17, 15) is 0 Å². The first kappa shape index (κ1) is 11.3. The number of nitrogens with two attached hydrogens (primary N) is 1. The highest BCUT2D eigenvalue weighted by Crippen LogP contribution is 2.12. The number of thiol groups is 1. The van der Waals surface area contributed by atoms with E-state index in [-0.39, 0.29) is 0 Å². The molecule has 0 heterocycles. The van der Waals surface area contributed by atoms with Gasteiger partial charge < -0.3 is 10.5 Å². The number of rotatable bonds is 5. The molecule has 2 N–H and O–H groups in total. The second kappa shape index (κ2) is 5.88. The predicted octanol–water partition coefficient (Wildman–Crippen LogP) is 2.02. The molecule has 14 heavy (non-hydrogen) atoms. The van der Waals surface area contributed by atoms with E-state index < -0.39 is 0 Å². The second-order valence-corrected chi connectivity index (χ2v) is 3.70. The monoisotopic (exact) mass is 227 g/mol. The van der Waals surface area contributed by atoms with E-state index in [1.807, 2.05) is 24.3 Å². The highest BCUT2D eigenvalue weighted by atomic mass is 32.1. The lowest BCUT2D eigenvalue weighted by molar-refractivity contribution is 0.319. The van der Waals surface area contributed by atoms with Crippen molar-refractivity contribution in [3.8, 4) is 5.75 Å². The minimum atomic E-state index is 0.409. The maximum Gasteiger partial charge on any atom is 0.119 e. The molecule has 0 aliphatic rings. The highest BCUT2D eigenvalue weighted by Gasteiger charge is 1.96. The topological polar surface area (TPSA) is 35.2 Å². The molecule has 4 heteroatoms. The Hall–Kier alpha value is -0.740. The highest BCUT2D eigenvalue weighted by molar-refractivity contribution is 7.80. The van der Waals surface area contributed by atoms with Crippen LogP contribution < -0.4 is 10.5 Å². The summed E-state index contributed by atoms with van der Waals surface area (Å²) in [4.78, 5) is 0.409. The molecule has 0 unspecified atom stereocenters. The first-order chi connectivity index (χ1) is 6.74. The first-order valence-corrected chi connectivity index (χ1v) is 5.41. The second-order valence-electron chi connectivity index (χ2n) is 2.81. The summed E-state index contributed by atoms with van der Waals surface area (Å²) in [5.41, 5.74) is 6.33. The van der Waals surface area contributed by atoms with Crippen molar-refractivity contribution in [1.82, 2.24) is 0 Å². The lowest BCUT2D eigenvalue weighted by Gasteiger charge is -2.05. The molecule has 76 valence electrons. The zero-order chi connectivity index (χ0) is 10.4. The third-order valence-corrected chi connectivity index (χ3v) is 2.26. The van der Waals surface area contributed by atoms with Crippen LogP contribution in [-0.4, -0.2) is 17.3 Å². The lowest BCUT2D eigenvalue weighted by atomic mass is 10.2. The molecule has 0 fully saturated rings. The van der Waals surface area contributed by atoms with Gasteiger partial charge in [-0.25, -0.2) is 0 Å². The van der Waals surface area contributed by atoms with Gasteiger partial charge in [-0.05, 0) is 36.4 Å². The minimum Gasteiger partial charge on any atom is -0.494 e. The van der Waals surface area contributed by atoms with E-state index in [0.29, 0.717) is 11.6 Å². The van der Waals surface area contributed by atoms with Crippen molar-refractivity contribution in [3.63, 3.8) is 0 Å². The molecule has 0 aliphatic heterocycles. The molecular formula is C10H13NOS2. The van der Waals surface area contributed by atoms with Crippen molar-refractivity contribution in [2.24, 2.45) is 5.73 Å². The summed E-state index contributed by atoms with van der Waals surface area (Å²) in [7, 11) is 0. The van der Waals surface area contributed by atoms with Gasteiger partial charge in [-0.3, -0.25) is 0 Å². The van der Waals surface area contributed by atoms with Gasteiger partial charge in [0, 0.05) is 5.56 Å². The fourth-order valence-electron chi connectivity index (χ4n) is 0.970. The Bertz CT molecular complexity index is 297. The van der Waals surface area contributed by atoms with Crippen LogP contribution in [0.15, 0.2) is 24.3 Å². The third kappa shape index (κ3) is 3.55. The van der Waals surface area contributed by atoms with Gasteiger partial charge in [0.25, 0.3) is 0 Å². The molecule has 0 atom stereocenters. The number of hydrogen-bond acceptors (Lipinski definition) is 3. The van der Waals surface area contributed by atoms with E-state index in [1.54, 1.807) is 0 Å². The Labute approximate surface area is 94.9 Å². The number of thiocarbonyl (C=S) groups is 1. The quantitative estimate of drug-likeness (QED) is 0.459. The Balaban J connectivity index is 2.51.